The fourth-order valence-corrected chi connectivity index (χ4v) is 4.15. The molecule has 4 rings (SSSR count). The number of ether oxygens (including phenoxy) is 1. The first-order valence-electron chi connectivity index (χ1n) is 9.73. The fraction of sp³-hybridized carbons (Fsp3) is 0.455. The number of anilines is 1. The van der Waals surface area contributed by atoms with E-state index in [2.05, 4.69) is 58.6 Å². The van der Waals surface area contributed by atoms with Crippen LogP contribution in [0.1, 0.15) is 41.9 Å². The standard InChI is InChI=1S/C22H29N3O/c1-26-15-16-3-2-4-17(11-16)19-12-18-5-8-24-14-21(18)22(13-19)25-20-6-9-23-10-7-20/h2-3,5,8,11-13,17,20,23-25H,4,6-7,9-10,14-15H2,1H3. The lowest BCUT2D eigenvalue weighted by atomic mass is 9.86. The monoisotopic (exact) mass is 351 g/mol. The maximum Gasteiger partial charge on any atom is 0.0710 e. The zero-order chi connectivity index (χ0) is 17.8. The molecule has 2 aliphatic heterocycles. The van der Waals surface area contributed by atoms with Gasteiger partial charge in [0.05, 0.1) is 6.61 Å². The minimum Gasteiger partial charge on any atom is -0.387 e. The second-order valence-electron chi connectivity index (χ2n) is 7.44. The number of allylic oxidation sites excluding steroid dienone is 2. The van der Waals surface area contributed by atoms with E-state index in [0.717, 1.165) is 26.1 Å². The first-order chi connectivity index (χ1) is 12.8. The number of hydrogen-bond acceptors (Lipinski definition) is 4. The van der Waals surface area contributed by atoms with Crippen LogP contribution in [-0.4, -0.2) is 32.8 Å². The molecule has 1 aromatic carbocycles. The van der Waals surface area contributed by atoms with Crippen LogP contribution in [0.4, 0.5) is 5.69 Å². The third kappa shape index (κ3) is 3.87. The van der Waals surface area contributed by atoms with Gasteiger partial charge in [0.1, 0.15) is 0 Å². The summed E-state index contributed by atoms with van der Waals surface area (Å²) in [6, 6.07) is 5.31. The third-order valence-electron chi connectivity index (χ3n) is 5.54. The van der Waals surface area contributed by atoms with Crippen molar-refractivity contribution < 1.29 is 4.74 Å². The van der Waals surface area contributed by atoms with Crippen LogP contribution in [-0.2, 0) is 11.3 Å². The molecule has 0 radical (unpaired) electrons. The summed E-state index contributed by atoms with van der Waals surface area (Å²) in [6.45, 7) is 3.79. The Kier molecular flexibility index (Phi) is 5.42. The molecule has 3 aliphatic rings. The third-order valence-corrected chi connectivity index (χ3v) is 5.54. The van der Waals surface area contributed by atoms with Crippen molar-refractivity contribution in [1.82, 2.24) is 10.6 Å². The van der Waals surface area contributed by atoms with E-state index in [0.29, 0.717) is 18.6 Å². The number of fused-ring (bicyclic) bond motifs is 1. The van der Waals surface area contributed by atoms with Gasteiger partial charge in [-0.15, -0.1) is 0 Å². The molecule has 0 saturated carbocycles. The summed E-state index contributed by atoms with van der Waals surface area (Å²) in [7, 11) is 1.76. The molecule has 4 nitrogen and oxygen atoms in total. The maximum absolute atomic E-state index is 5.32. The van der Waals surface area contributed by atoms with Gasteiger partial charge in [-0.1, -0.05) is 24.3 Å². The molecule has 0 spiro atoms. The Labute approximate surface area is 156 Å². The van der Waals surface area contributed by atoms with Crippen LogP contribution >= 0.6 is 0 Å². The number of rotatable bonds is 5. The smallest absolute Gasteiger partial charge is 0.0710 e. The molecule has 1 fully saturated rings. The molecule has 3 N–H and O–H groups in total. The van der Waals surface area contributed by atoms with Crippen LogP contribution < -0.4 is 16.0 Å². The van der Waals surface area contributed by atoms with E-state index < -0.39 is 0 Å². The van der Waals surface area contributed by atoms with Crippen molar-refractivity contribution in [2.24, 2.45) is 0 Å². The van der Waals surface area contributed by atoms with Crippen molar-refractivity contribution in [2.75, 3.05) is 32.1 Å². The number of nitrogens with one attached hydrogen (secondary N) is 3. The van der Waals surface area contributed by atoms with Gasteiger partial charge in [-0.05, 0) is 67.4 Å². The zero-order valence-electron chi connectivity index (χ0n) is 15.6. The van der Waals surface area contributed by atoms with Gasteiger partial charge in [-0.3, -0.25) is 0 Å². The Morgan fingerprint density at radius 3 is 2.92 bits per heavy atom. The van der Waals surface area contributed by atoms with Gasteiger partial charge in [0.15, 0.2) is 0 Å². The average molecular weight is 351 g/mol. The Morgan fingerprint density at radius 2 is 2.08 bits per heavy atom. The molecule has 1 unspecified atom stereocenters. The van der Waals surface area contributed by atoms with E-state index in [9.17, 15) is 0 Å². The number of piperidine rings is 1. The lowest BCUT2D eigenvalue weighted by Crippen LogP contribution is -2.35. The highest BCUT2D eigenvalue weighted by Gasteiger charge is 2.20. The van der Waals surface area contributed by atoms with Crippen LogP contribution in [0.15, 0.2) is 42.1 Å². The minimum atomic E-state index is 0.423. The van der Waals surface area contributed by atoms with E-state index in [-0.39, 0.29) is 0 Å². The molecule has 1 aliphatic carbocycles. The van der Waals surface area contributed by atoms with E-state index in [1.54, 1.807) is 7.11 Å². The second kappa shape index (κ2) is 8.11. The van der Waals surface area contributed by atoms with Gasteiger partial charge in [0, 0.05) is 36.9 Å². The Bertz CT molecular complexity index is 729. The predicted octanol–water partition coefficient (Wildman–Crippen LogP) is 3.54. The van der Waals surface area contributed by atoms with Gasteiger partial charge in [-0.25, -0.2) is 0 Å². The van der Waals surface area contributed by atoms with Crippen molar-refractivity contribution in [1.29, 1.82) is 0 Å². The van der Waals surface area contributed by atoms with Gasteiger partial charge >= 0.3 is 0 Å². The summed E-state index contributed by atoms with van der Waals surface area (Å²) in [5.74, 6) is 0.423. The van der Waals surface area contributed by atoms with Crippen LogP contribution in [0.2, 0.25) is 0 Å². The SMILES string of the molecule is COCC1=CC(c2cc3c(c(NC4CCNCC4)c2)CNC=C3)CC=C1. The Balaban J connectivity index is 1.64. The van der Waals surface area contributed by atoms with Crippen molar-refractivity contribution in [3.8, 4) is 0 Å². The van der Waals surface area contributed by atoms with Crippen molar-refractivity contribution in [3.63, 3.8) is 0 Å². The van der Waals surface area contributed by atoms with E-state index in [4.69, 9.17) is 4.74 Å². The molecule has 0 amide bonds. The normalized spacial score (nSPS) is 22.5. The summed E-state index contributed by atoms with van der Waals surface area (Å²) in [4.78, 5) is 0. The van der Waals surface area contributed by atoms with E-state index >= 15 is 0 Å². The number of benzene rings is 1. The van der Waals surface area contributed by atoms with Crippen molar-refractivity contribution in [3.05, 3.63) is 58.8 Å². The second-order valence-corrected chi connectivity index (χ2v) is 7.44. The Hall–Kier alpha value is -2.04. The fourth-order valence-electron chi connectivity index (χ4n) is 4.15. The van der Waals surface area contributed by atoms with Gasteiger partial charge in [0.25, 0.3) is 0 Å². The lowest BCUT2D eigenvalue weighted by molar-refractivity contribution is 0.227. The average Bonchev–Trinajstić information content (AvgIpc) is 2.69. The summed E-state index contributed by atoms with van der Waals surface area (Å²) < 4.78 is 5.32. The zero-order valence-corrected chi connectivity index (χ0v) is 15.6. The maximum atomic E-state index is 5.32. The highest BCUT2D eigenvalue weighted by molar-refractivity contribution is 5.68. The van der Waals surface area contributed by atoms with Crippen LogP contribution in [0.5, 0.6) is 0 Å². The molecule has 1 aromatic rings. The topological polar surface area (TPSA) is 45.3 Å². The van der Waals surface area contributed by atoms with Crippen molar-refractivity contribution in [2.45, 2.75) is 37.8 Å². The van der Waals surface area contributed by atoms with Crippen LogP contribution in [0.3, 0.4) is 0 Å². The molecule has 4 heteroatoms. The van der Waals surface area contributed by atoms with Gasteiger partial charge in [-0.2, -0.15) is 0 Å². The molecular weight excluding hydrogens is 322 g/mol. The van der Waals surface area contributed by atoms with E-state index in [1.807, 2.05) is 0 Å². The molecule has 1 atom stereocenters. The largest absolute Gasteiger partial charge is 0.387 e. The van der Waals surface area contributed by atoms with Gasteiger partial charge in [0.2, 0.25) is 0 Å². The van der Waals surface area contributed by atoms with E-state index in [1.165, 1.54) is 40.8 Å². The molecule has 1 saturated heterocycles. The first-order valence-corrected chi connectivity index (χ1v) is 9.73. The summed E-state index contributed by atoms with van der Waals surface area (Å²) in [6.07, 6.45) is 14.5. The molecule has 2 heterocycles. The Morgan fingerprint density at radius 1 is 1.19 bits per heavy atom. The highest BCUT2D eigenvalue weighted by Crippen LogP contribution is 2.34. The molecule has 138 valence electrons. The molecule has 0 aromatic heterocycles. The summed E-state index contributed by atoms with van der Waals surface area (Å²) in [5.41, 5.74) is 6.70. The number of hydrogen-bond donors (Lipinski definition) is 3. The van der Waals surface area contributed by atoms with Gasteiger partial charge < -0.3 is 20.7 Å². The summed E-state index contributed by atoms with van der Waals surface area (Å²) in [5, 5.41) is 10.7. The molecule has 26 heavy (non-hydrogen) atoms. The number of methoxy groups -OCH3 is 1. The molecule has 0 bridgehead atoms. The van der Waals surface area contributed by atoms with Crippen LogP contribution in [0, 0.1) is 0 Å². The highest BCUT2D eigenvalue weighted by atomic mass is 16.5. The van der Waals surface area contributed by atoms with Crippen molar-refractivity contribution >= 4 is 11.8 Å². The predicted molar refractivity (Wildman–Crippen MR) is 108 cm³/mol. The lowest BCUT2D eigenvalue weighted by Gasteiger charge is -2.28. The first kappa shape index (κ1) is 17.4. The van der Waals surface area contributed by atoms with Crippen LogP contribution in [0.25, 0.3) is 6.08 Å². The molecular formula is C22H29N3O. The minimum absolute atomic E-state index is 0.423. The quantitative estimate of drug-likeness (QED) is 0.759. The summed E-state index contributed by atoms with van der Waals surface area (Å²) >= 11 is 0.